The molecule has 2 aromatic heterocycles. The minimum Gasteiger partial charge on any atom is -0.338 e. The van der Waals surface area contributed by atoms with E-state index < -0.39 is 0 Å². The van der Waals surface area contributed by atoms with Crippen molar-refractivity contribution in [2.24, 2.45) is 0 Å². The Morgan fingerprint density at radius 3 is 2.86 bits per heavy atom. The standard InChI is InChI=1S/C20H16FN5OS2/c21-15-6-2-1-5-14(15)19-23-22-18(28-19)13-4-3-9-26(11-13)20(27)12-7-8-16-17(10-12)25-29-24-16/h1-2,5-8,10,13H,3-4,9,11H2. The zero-order valence-electron chi connectivity index (χ0n) is 15.3. The summed E-state index contributed by atoms with van der Waals surface area (Å²) in [6.07, 6.45) is 1.83. The highest BCUT2D eigenvalue weighted by Gasteiger charge is 2.28. The molecule has 1 aliphatic heterocycles. The van der Waals surface area contributed by atoms with E-state index in [4.69, 9.17) is 0 Å². The Morgan fingerprint density at radius 1 is 1.10 bits per heavy atom. The Labute approximate surface area is 174 Å². The van der Waals surface area contributed by atoms with Crippen molar-refractivity contribution in [3.8, 4) is 10.6 Å². The fourth-order valence-corrected chi connectivity index (χ4v) is 5.12. The van der Waals surface area contributed by atoms with Crippen LogP contribution in [-0.4, -0.2) is 42.8 Å². The number of fused-ring (bicyclic) bond motifs is 1. The molecule has 1 aliphatic rings. The average molecular weight is 426 g/mol. The largest absolute Gasteiger partial charge is 0.338 e. The molecule has 1 unspecified atom stereocenters. The molecule has 2 aromatic carbocycles. The van der Waals surface area contributed by atoms with E-state index in [-0.39, 0.29) is 17.6 Å². The third kappa shape index (κ3) is 3.51. The van der Waals surface area contributed by atoms with Crippen molar-refractivity contribution in [1.82, 2.24) is 23.8 Å². The molecule has 1 atom stereocenters. The molecular weight excluding hydrogens is 409 g/mol. The summed E-state index contributed by atoms with van der Waals surface area (Å²) in [5, 5.41) is 9.91. The van der Waals surface area contributed by atoms with Crippen molar-refractivity contribution in [3.05, 3.63) is 58.9 Å². The predicted octanol–water partition coefficient (Wildman–Crippen LogP) is 4.37. The van der Waals surface area contributed by atoms with Gasteiger partial charge in [0.2, 0.25) is 0 Å². The number of hydrogen-bond donors (Lipinski definition) is 0. The summed E-state index contributed by atoms with van der Waals surface area (Å²) in [7, 11) is 0. The van der Waals surface area contributed by atoms with Gasteiger partial charge in [-0.05, 0) is 43.2 Å². The summed E-state index contributed by atoms with van der Waals surface area (Å²) in [4.78, 5) is 14.9. The van der Waals surface area contributed by atoms with Crippen LogP contribution in [0.1, 0.15) is 34.1 Å². The Bertz CT molecular complexity index is 1190. The lowest BCUT2D eigenvalue weighted by atomic mass is 9.98. The van der Waals surface area contributed by atoms with E-state index >= 15 is 0 Å². The van der Waals surface area contributed by atoms with E-state index in [9.17, 15) is 9.18 Å². The van der Waals surface area contributed by atoms with Gasteiger partial charge in [-0.2, -0.15) is 8.75 Å². The molecule has 5 rings (SSSR count). The highest BCUT2D eigenvalue weighted by Crippen LogP contribution is 2.34. The summed E-state index contributed by atoms with van der Waals surface area (Å²) < 4.78 is 22.4. The number of nitrogens with zero attached hydrogens (tertiary/aromatic N) is 5. The maximum absolute atomic E-state index is 14.0. The molecule has 1 fully saturated rings. The molecule has 29 heavy (non-hydrogen) atoms. The number of benzene rings is 2. The smallest absolute Gasteiger partial charge is 0.253 e. The molecule has 9 heteroatoms. The highest BCUT2D eigenvalue weighted by atomic mass is 32.1. The summed E-state index contributed by atoms with van der Waals surface area (Å²) in [6, 6.07) is 12.0. The molecular formula is C20H16FN5OS2. The zero-order chi connectivity index (χ0) is 19.8. The summed E-state index contributed by atoms with van der Waals surface area (Å²) in [5.74, 6) is -0.207. The Balaban J connectivity index is 1.35. The Kier molecular flexibility index (Phi) is 4.76. The maximum Gasteiger partial charge on any atom is 0.253 e. The number of rotatable bonds is 3. The van der Waals surface area contributed by atoms with Gasteiger partial charge in [0.25, 0.3) is 5.91 Å². The van der Waals surface area contributed by atoms with Crippen LogP contribution in [-0.2, 0) is 0 Å². The Morgan fingerprint density at radius 2 is 1.97 bits per heavy atom. The van der Waals surface area contributed by atoms with Crippen LogP contribution in [0.4, 0.5) is 4.39 Å². The number of carbonyl (C=O) groups excluding carboxylic acids is 1. The number of aromatic nitrogens is 4. The van der Waals surface area contributed by atoms with Crippen molar-refractivity contribution >= 4 is 40.0 Å². The first-order chi connectivity index (χ1) is 14.2. The van der Waals surface area contributed by atoms with E-state index in [1.165, 1.54) is 17.4 Å². The molecule has 0 bridgehead atoms. The minimum absolute atomic E-state index is 0.0107. The highest BCUT2D eigenvalue weighted by molar-refractivity contribution is 7.14. The first kappa shape index (κ1) is 18.3. The normalized spacial score (nSPS) is 17.0. The van der Waals surface area contributed by atoms with Gasteiger partial charge in [-0.15, -0.1) is 10.2 Å². The SMILES string of the molecule is O=C(c1ccc2nsnc2c1)N1CCCC(c2nnc(-c3ccccc3F)s2)C1. The number of amides is 1. The molecule has 0 N–H and O–H groups in total. The molecule has 0 aliphatic carbocycles. The number of halogens is 1. The van der Waals surface area contributed by atoms with Gasteiger partial charge in [0.15, 0.2) is 5.01 Å². The summed E-state index contributed by atoms with van der Waals surface area (Å²) in [5.41, 5.74) is 2.63. The van der Waals surface area contributed by atoms with Gasteiger partial charge < -0.3 is 4.90 Å². The van der Waals surface area contributed by atoms with Crippen LogP contribution in [0, 0.1) is 5.82 Å². The summed E-state index contributed by atoms with van der Waals surface area (Å²) >= 11 is 2.54. The van der Waals surface area contributed by atoms with Crippen molar-refractivity contribution in [2.75, 3.05) is 13.1 Å². The molecule has 1 saturated heterocycles. The van der Waals surface area contributed by atoms with E-state index in [0.29, 0.717) is 29.2 Å². The lowest BCUT2D eigenvalue weighted by molar-refractivity contribution is 0.0707. The van der Waals surface area contributed by atoms with Gasteiger partial charge in [0.1, 0.15) is 21.9 Å². The van der Waals surface area contributed by atoms with Crippen molar-refractivity contribution in [1.29, 1.82) is 0 Å². The van der Waals surface area contributed by atoms with E-state index in [1.54, 1.807) is 30.3 Å². The van der Waals surface area contributed by atoms with Crippen LogP contribution in [0.15, 0.2) is 42.5 Å². The molecule has 0 saturated carbocycles. The van der Waals surface area contributed by atoms with Crippen molar-refractivity contribution in [3.63, 3.8) is 0 Å². The number of hydrogen-bond acceptors (Lipinski definition) is 7. The second-order valence-electron chi connectivity index (χ2n) is 6.98. The number of piperidine rings is 1. The van der Waals surface area contributed by atoms with Crippen molar-refractivity contribution < 1.29 is 9.18 Å². The minimum atomic E-state index is -0.303. The lowest BCUT2D eigenvalue weighted by Crippen LogP contribution is -2.39. The van der Waals surface area contributed by atoms with Gasteiger partial charge in [0.05, 0.1) is 11.7 Å². The van der Waals surface area contributed by atoms with Gasteiger partial charge in [-0.25, -0.2) is 4.39 Å². The third-order valence-corrected chi connectivity index (χ3v) is 6.78. The summed E-state index contributed by atoms with van der Waals surface area (Å²) in [6.45, 7) is 1.29. The van der Waals surface area contributed by atoms with Crippen LogP contribution in [0.2, 0.25) is 0 Å². The third-order valence-electron chi connectivity index (χ3n) is 5.10. The zero-order valence-corrected chi connectivity index (χ0v) is 16.9. The average Bonchev–Trinajstić information content (AvgIpc) is 3.43. The monoisotopic (exact) mass is 425 g/mol. The lowest BCUT2D eigenvalue weighted by Gasteiger charge is -2.31. The fraction of sp³-hybridized carbons (Fsp3) is 0.250. The molecule has 3 heterocycles. The molecule has 0 spiro atoms. The molecule has 4 aromatic rings. The maximum atomic E-state index is 14.0. The Hall–Kier alpha value is -2.78. The quantitative estimate of drug-likeness (QED) is 0.487. The molecule has 6 nitrogen and oxygen atoms in total. The number of likely N-dealkylation sites (tertiary alicyclic amines) is 1. The first-order valence-corrected chi connectivity index (χ1v) is 10.8. The van der Waals surface area contributed by atoms with Crippen LogP contribution in [0.25, 0.3) is 21.6 Å². The van der Waals surface area contributed by atoms with E-state index in [2.05, 4.69) is 18.9 Å². The predicted molar refractivity (Wildman–Crippen MR) is 111 cm³/mol. The second-order valence-corrected chi connectivity index (χ2v) is 8.52. The molecule has 0 radical (unpaired) electrons. The van der Waals surface area contributed by atoms with Crippen LogP contribution >= 0.6 is 23.1 Å². The molecule has 146 valence electrons. The van der Waals surface area contributed by atoms with E-state index in [0.717, 1.165) is 40.6 Å². The van der Waals surface area contributed by atoms with Gasteiger partial charge in [-0.3, -0.25) is 4.79 Å². The molecule has 1 amide bonds. The van der Waals surface area contributed by atoms with Crippen LogP contribution in [0.5, 0.6) is 0 Å². The van der Waals surface area contributed by atoms with Crippen LogP contribution < -0.4 is 0 Å². The van der Waals surface area contributed by atoms with Crippen LogP contribution in [0.3, 0.4) is 0 Å². The number of carbonyl (C=O) groups is 1. The fourth-order valence-electron chi connectivity index (χ4n) is 3.60. The van der Waals surface area contributed by atoms with Gasteiger partial charge in [0, 0.05) is 30.1 Å². The van der Waals surface area contributed by atoms with Crippen molar-refractivity contribution in [2.45, 2.75) is 18.8 Å². The van der Waals surface area contributed by atoms with Gasteiger partial charge >= 0.3 is 0 Å². The van der Waals surface area contributed by atoms with E-state index in [1.807, 2.05) is 11.0 Å². The topological polar surface area (TPSA) is 71.9 Å². The second kappa shape index (κ2) is 7.57. The first-order valence-electron chi connectivity index (χ1n) is 9.29. The van der Waals surface area contributed by atoms with Gasteiger partial charge in [-0.1, -0.05) is 23.5 Å².